The predicted octanol–water partition coefficient (Wildman–Crippen LogP) is -0.886. The Morgan fingerprint density at radius 3 is 1.95 bits per heavy atom. The van der Waals surface area contributed by atoms with E-state index in [9.17, 15) is 19.2 Å². The Bertz CT molecular complexity index is 396. The number of carbonyl (C=O) groups is 4. The van der Waals surface area contributed by atoms with Crippen LogP contribution >= 0.6 is 0 Å². The summed E-state index contributed by atoms with van der Waals surface area (Å²) >= 11 is 0. The van der Waals surface area contributed by atoms with E-state index in [2.05, 4.69) is 10.6 Å². The second kappa shape index (κ2) is 7.97. The summed E-state index contributed by atoms with van der Waals surface area (Å²) in [7, 11) is 0. The van der Waals surface area contributed by atoms with E-state index in [1.165, 1.54) is 0 Å². The number of carboxylic acid groups (broad SMARTS) is 2. The molecule has 0 fully saturated rings. The third kappa shape index (κ3) is 7.19. The number of nitrogens with one attached hydrogen (secondary N) is 2. The highest BCUT2D eigenvalue weighted by Gasteiger charge is 2.28. The SMILES string of the molecule is CC(C)CC(NC(N)=O)C(=O)N[C@H](CC(=O)O)C(=O)O. The molecule has 0 saturated carbocycles. The lowest BCUT2D eigenvalue weighted by Gasteiger charge is -2.21. The Labute approximate surface area is 115 Å². The standard InChI is InChI=1S/C11H19N3O6/c1-5(2)3-6(14-11(12)20)9(17)13-7(10(18)19)4-8(15)16/h5-7H,3-4H2,1-2H3,(H,13,17)(H,15,16)(H,18,19)(H3,12,14,20)/t6?,7-/m1/s1. The number of hydrogen-bond acceptors (Lipinski definition) is 4. The van der Waals surface area contributed by atoms with Crippen LogP contribution in [-0.4, -0.2) is 46.2 Å². The zero-order chi connectivity index (χ0) is 15.9. The molecule has 0 rings (SSSR count). The van der Waals surface area contributed by atoms with Crippen LogP contribution in [0.1, 0.15) is 26.7 Å². The molecule has 1 unspecified atom stereocenters. The summed E-state index contributed by atoms with van der Waals surface area (Å²) in [6.45, 7) is 3.60. The smallest absolute Gasteiger partial charge is 0.326 e. The first-order chi connectivity index (χ1) is 9.13. The molecule has 9 heteroatoms. The highest BCUT2D eigenvalue weighted by atomic mass is 16.4. The number of rotatable bonds is 8. The number of carbonyl (C=O) groups excluding carboxylic acids is 2. The van der Waals surface area contributed by atoms with E-state index in [0.717, 1.165) is 0 Å². The van der Waals surface area contributed by atoms with Crippen LogP contribution in [0.5, 0.6) is 0 Å². The largest absolute Gasteiger partial charge is 0.481 e. The lowest BCUT2D eigenvalue weighted by atomic mass is 10.0. The molecule has 0 aliphatic heterocycles. The highest BCUT2D eigenvalue weighted by Crippen LogP contribution is 2.06. The van der Waals surface area contributed by atoms with Crippen LogP contribution in [0.3, 0.4) is 0 Å². The van der Waals surface area contributed by atoms with Gasteiger partial charge >= 0.3 is 18.0 Å². The Balaban J connectivity index is 4.81. The van der Waals surface area contributed by atoms with Crippen LogP contribution in [-0.2, 0) is 14.4 Å². The van der Waals surface area contributed by atoms with Crippen molar-refractivity contribution < 1.29 is 29.4 Å². The van der Waals surface area contributed by atoms with Crippen molar-refractivity contribution in [2.75, 3.05) is 0 Å². The van der Waals surface area contributed by atoms with Crippen molar-refractivity contribution in [1.82, 2.24) is 10.6 Å². The van der Waals surface area contributed by atoms with Gasteiger partial charge in [-0.25, -0.2) is 9.59 Å². The highest BCUT2D eigenvalue weighted by molar-refractivity contribution is 5.91. The minimum absolute atomic E-state index is 0.0420. The van der Waals surface area contributed by atoms with Gasteiger partial charge in [0.25, 0.3) is 0 Å². The monoisotopic (exact) mass is 289 g/mol. The topological polar surface area (TPSA) is 159 Å². The van der Waals surface area contributed by atoms with Crippen molar-refractivity contribution in [1.29, 1.82) is 0 Å². The molecule has 6 N–H and O–H groups in total. The van der Waals surface area contributed by atoms with E-state index in [4.69, 9.17) is 15.9 Å². The van der Waals surface area contributed by atoms with Crippen molar-refractivity contribution in [2.45, 2.75) is 38.8 Å². The van der Waals surface area contributed by atoms with Crippen molar-refractivity contribution in [3.05, 3.63) is 0 Å². The number of nitrogens with two attached hydrogens (primary N) is 1. The maximum Gasteiger partial charge on any atom is 0.326 e. The summed E-state index contributed by atoms with van der Waals surface area (Å²) in [5.74, 6) is -3.57. The van der Waals surface area contributed by atoms with E-state index in [0.29, 0.717) is 0 Å². The van der Waals surface area contributed by atoms with Crippen molar-refractivity contribution in [3.8, 4) is 0 Å². The van der Waals surface area contributed by atoms with Crippen LogP contribution in [0.25, 0.3) is 0 Å². The van der Waals surface area contributed by atoms with Crippen LogP contribution in [0.4, 0.5) is 4.79 Å². The minimum Gasteiger partial charge on any atom is -0.481 e. The van der Waals surface area contributed by atoms with Crippen LogP contribution in [0.2, 0.25) is 0 Å². The van der Waals surface area contributed by atoms with Gasteiger partial charge < -0.3 is 26.6 Å². The molecule has 0 radical (unpaired) electrons. The maximum absolute atomic E-state index is 11.9. The molecule has 3 amide bonds. The Hall–Kier alpha value is -2.32. The Morgan fingerprint density at radius 1 is 1.05 bits per heavy atom. The van der Waals surface area contributed by atoms with Gasteiger partial charge in [-0.1, -0.05) is 13.8 Å². The number of primary amides is 1. The molecule has 0 bridgehead atoms. The number of hydrogen-bond donors (Lipinski definition) is 5. The van der Waals surface area contributed by atoms with Gasteiger partial charge in [0.1, 0.15) is 12.1 Å². The molecule has 0 aliphatic rings. The van der Waals surface area contributed by atoms with Gasteiger partial charge in [-0.3, -0.25) is 9.59 Å². The fourth-order valence-corrected chi connectivity index (χ4v) is 1.52. The molecular formula is C11H19N3O6. The van der Waals surface area contributed by atoms with Crippen LogP contribution in [0, 0.1) is 5.92 Å². The fraction of sp³-hybridized carbons (Fsp3) is 0.636. The van der Waals surface area contributed by atoms with E-state index in [-0.39, 0.29) is 12.3 Å². The van der Waals surface area contributed by atoms with Crippen LogP contribution < -0.4 is 16.4 Å². The van der Waals surface area contributed by atoms with E-state index < -0.39 is 42.4 Å². The average molecular weight is 289 g/mol. The molecule has 114 valence electrons. The molecular weight excluding hydrogens is 270 g/mol. The summed E-state index contributed by atoms with van der Waals surface area (Å²) in [5.41, 5.74) is 4.94. The fourth-order valence-electron chi connectivity index (χ4n) is 1.52. The maximum atomic E-state index is 11.9. The summed E-state index contributed by atoms with van der Waals surface area (Å²) in [6, 6.07) is -3.50. The van der Waals surface area contributed by atoms with E-state index in [1.807, 2.05) is 0 Å². The second-order valence-corrected chi connectivity index (χ2v) is 4.69. The molecule has 0 spiro atoms. The summed E-state index contributed by atoms with van der Waals surface area (Å²) in [5, 5.41) is 21.7. The van der Waals surface area contributed by atoms with Gasteiger partial charge in [0.05, 0.1) is 6.42 Å². The Morgan fingerprint density at radius 2 is 1.60 bits per heavy atom. The zero-order valence-electron chi connectivity index (χ0n) is 11.3. The van der Waals surface area contributed by atoms with Gasteiger partial charge in [0.15, 0.2) is 0 Å². The lowest BCUT2D eigenvalue weighted by Crippen LogP contribution is -2.53. The van der Waals surface area contributed by atoms with Gasteiger partial charge in [-0.15, -0.1) is 0 Å². The van der Waals surface area contributed by atoms with Gasteiger partial charge in [-0.2, -0.15) is 0 Å². The lowest BCUT2D eigenvalue weighted by molar-refractivity contribution is -0.147. The molecule has 0 aromatic rings. The second-order valence-electron chi connectivity index (χ2n) is 4.69. The molecule has 0 aromatic carbocycles. The summed E-state index contributed by atoms with van der Waals surface area (Å²) in [6.07, 6.45) is -0.514. The normalized spacial score (nSPS) is 13.3. The van der Waals surface area contributed by atoms with Gasteiger partial charge in [-0.05, 0) is 12.3 Å². The first-order valence-electron chi connectivity index (χ1n) is 5.94. The number of amides is 3. The van der Waals surface area contributed by atoms with Gasteiger partial charge in [0, 0.05) is 0 Å². The van der Waals surface area contributed by atoms with E-state index >= 15 is 0 Å². The summed E-state index contributed by atoms with van der Waals surface area (Å²) in [4.78, 5) is 44.1. The molecule has 20 heavy (non-hydrogen) atoms. The van der Waals surface area contributed by atoms with Crippen molar-refractivity contribution in [3.63, 3.8) is 0 Å². The third-order valence-corrected chi connectivity index (χ3v) is 2.33. The summed E-state index contributed by atoms with van der Waals surface area (Å²) < 4.78 is 0. The molecule has 0 aliphatic carbocycles. The predicted molar refractivity (Wildman–Crippen MR) is 67.8 cm³/mol. The first kappa shape index (κ1) is 17.7. The van der Waals surface area contributed by atoms with Crippen molar-refractivity contribution >= 4 is 23.9 Å². The minimum atomic E-state index is -1.57. The zero-order valence-corrected chi connectivity index (χ0v) is 11.3. The van der Waals surface area contributed by atoms with E-state index in [1.54, 1.807) is 13.8 Å². The molecule has 9 nitrogen and oxygen atoms in total. The number of urea groups is 1. The Kier molecular flexibility index (Phi) is 7.05. The third-order valence-electron chi connectivity index (χ3n) is 2.33. The number of aliphatic carboxylic acids is 2. The molecule has 2 atom stereocenters. The van der Waals surface area contributed by atoms with Gasteiger partial charge in [0.2, 0.25) is 5.91 Å². The van der Waals surface area contributed by atoms with Crippen LogP contribution in [0.15, 0.2) is 0 Å². The first-order valence-corrected chi connectivity index (χ1v) is 5.94. The average Bonchev–Trinajstić information content (AvgIpc) is 2.24. The molecule has 0 heterocycles. The molecule has 0 aromatic heterocycles. The quantitative estimate of drug-likeness (QED) is 0.390. The molecule has 0 saturated heterocycles. The van der Waals surface area contributed by atoms with Crippen molar-refractivity contribution in [2.24, 2.45) is 11.7 Å². The number of carboxylic acids is 2.